The molecule has 0 fully saturated rings. The Morgan fingerprint density at radius 2 is 1.56 bits per heavy atom. The number of amides is 2. The summed E-state index contributed by atoms with van der Waals surface area (Å²) < 4.78 is 31.7. The third kappa shape index (κ3) is 9.50. The monoisotopic (exact) mass is 599 g/mol. The molecule has 0 heterocycles. The zero-order valence-corrected chi connectivity index (χ0v) is 25.5. The van der Waals surface area contributed by atoms with Gasteiger partial charge in [0.2, 0.25) is 21.8 Å². The summed E-state index contributed by atoms with van der Waals surface area (Å²) >= 11 is 6.25. The number of hydrogen-bond donors (Lipinski definition) is 1. The number of halogens is 1. The van der Waals surface area contributed by atoms with Crippen LogP contribution in [0, 0.1) is 0 Å². The summed E-state index contributed by atoms with van der Waals surface area (Å²) in [4.78, 5) is 28.9. The Morgan fingerprint density at radius 1 is 0.951 bits per heavy atom. The highest BCUT2D eigenvalue weighted by Crippen LogP contribution is 2.30. The number of nitrogens with one attached hydrogen (secondary N) is 1. The lowest BCUT2D eigenvalue weighted by Crippen LogP contribution is -2.51. The number of ether oxygens (including phenoxy) is 1. The van der Waals surface area contributed by atoms with Crippen LogP contribution < -0.4 is 14.4 Å². The van der Waals surface area contributed by atoms with Gasteiger partial charge in [-0.1, -0.05) is 72.3 Å². The minimum Gasteiger partial charge on any atom is -0.495 e. The Kier molecular flexibility index (Phi) is 11.6. The van der Waals surface area contributed by atoms with Gasteiger partial charge in [-0.25, -0.2) is 8.42 Å². The van der Waals surface area contributed by atoms with E-state index in [0.29, 0.717) is 17.9 Å². The first-order chi connectivity index (χ1) is 19.5. The van der Waals surface area contributed by atoms with E-state index in [1.807, 2.05) is 74.5 Å². The van der Waals surface area contributed by atoms with Crippen LogP contribution in [0.3, 0.4) is 0 Å². The van der Waals surface area contributed by atoms with Crippen LogP contribution in [0.25, 0.3) is 0 Å². The number of nitrogens with zero attached hydrogens (tertiary/aromatic N) is 2. The van der Waals surface area contributed by atoms with Crippen LogP contribution in [0.4, 0.5) is 5.69 Å². The van der Waals surface area contributed by atoms with Crippen LogP contribution in [0.5, 0.6) is 5.75 Å². The lowest BCUT2D eigenvalue weighted by molar-refractivity contribution is -0.141. The number of rotatable bonds is 14. The summed E-state index contributed by atoms with van der Waals surface area (Å²) in [5, 5.41) is 3.25. The fourth-order valence-corrected chi connectivity index (χ4v) is 5.74. The molecular weight excluding hydrogens is 562 g/mol. The van der Waals surface area contributed by atoms with Crippen LogP contribution in [0.15, 0.2) is 78.9 Å². The molecule has 0 aromatic heterocycles. The van der Waals surface area contributed by atoms with Crippen LogP contribution in [-0.4, -0.2) is 57.1 Å². The molecule has 0 unspecified atom stereocenters. The van der Waals surface area contributed by atoms with Gasteiger partial charge in [-0.15, -0.1) is 0 Å². The van der Waals surface area contributed by atoms with E-state index in [2.05, 4.69) is 5.32 Å². The number of benzene rings is 3. The second-order valence-corrected chi connectivity index (χ2v) is 12.4. The highest BCUT2D eigenvalue weighted by Gasteiger charge is 2.31. The molecule has 0 spiro atoms. The molecule has 0 aliphatic rings. The molecule has 8 nitrogen and oxygen atoms in total. The first kappa shape index (κ1) is 32.0. The van der Waals surface area contributed by atoms with Gasteiger partial charge in [-0.2, -0.15) is 0 Å². The zero-order chi connectivity index (χ0) is 30.0. The van der Waals surface area contributed by atoms with Gasteiger partial charge in [0, 0.05) is 32.0 Å². The Bertz CT molecular complexity index is 1400. The predicted molar refractivity (Wildman–Crippen MR) is 164 cm³/mol. The molecule has 220 valence electrons. The van der Waals surface area contributed by atoms with Crippen molar-refractivity contribution in [2.24, 2.45) is 0 Å². The summed E-state index contributed by atoms with van der Waals surface area (Å²) in [7, 11) is -2.18. The Balaban J connectivity index is 1.86. The van der Waals surface area contributed by atoms with Gasteiger partial charge in [-0.3, -0.25) is 13.9 Å². The van der Waals surface area contributed by atoms with Gasteiger partial charge < -0.3 is 15.0 Å². The van der Waals surface area contributed by atoms with E-state index in [4.69, 9.17) is 16.3 Å². The van der Waals surface area contributed by atoms with E-state index in [1.165, 1.54) is 17.5 Å². The quantitative estimate of drug-likeness (QED) is 0.279. The van der Waals surface area contributed by atoms with Crippen LogP contribution in [0.1, 0.15) is 37.8 Å². The molecule has 0 aliphatic carbocycles. The van der Waals surface area contributed by atoms with Crippen molar-refractivity contribution < 1.29 is 22.7 Å². The number of anilines is 1. The number of methoxy groups -OCH3 is 1. The fourth-order valence-electron chi connectivity index (χ4n) is 4.53. The van der Waals surface area contributed by atoms with Crippen LogP contribution in [0.2, 0.25) is 5.02 Å². The fraction of sp³-hybridized carbons (Fsp3) is 0.355. The van der Waals surface area contributed by atoms with Crippen molar-refractivity contribution >= 4 is 39.1 Å². The van der Waals surface area contributed by atoms with Gasteiger partial charge >= 0.3 is 0 Å². The van der Waals surface area contributed by atoms with Crippen molar-refractivity contribution in [1.82, 2.24) is 10.2 Å². The van der Waals surface area contributed by atoms with Crippen LogP contribution >= 0.6 is 11.6 Å². The van der Waals surface area contributed by atoms with Gasteiger partial charge in [0.15, 0.2) is 0 Å². The number of carbonyl (C=O) groups excluding carboxylic acids is 2. The van der Waals surface area contributed by atoms with E-state index < -0.39 is 16.1 Å². The van der Waals surface area contributed by atoms with Crippen molar-refractivity contribution in [1.29, 1.82) is 0 Å². The molecule has 3 aromatic carbocycles. The van der Waals surface area contributed by atoms with Gasteiger partial charge in [0.1, 0.15) is 11.8 Å². The Morgan fingerprint density at radius 3 is 2.10 bits per heavy atom. The Hall–Kier alpha value is -3.56. The van der Waals surface area contributed by atoms with Crippen LogP contribution in [-0.2, 0) is 32.6 Å². The highest BCUT2D eigenvalue weighted by molar-refractivity contribution is 7.92. The average Bonchev–Trinajstić information content (AvgIpc) is 2.93. The maximum atomic E-state index is 13.8. The van der Waals surface area contributed by atoms with Gasteiger partial charge in [-0.05, 0) is 49.6 Å². The SMILES string of the molecule is COc1ccc(N(CCCC(=O)N(Cc2ccccc2)[C@H](Cc2ccccc2)C(=O)NC(C)C)S(C)(=O)=O)cc1Cl. The molecular formula is C31H38ClN3O5S. The van der Waals surface area contributed by atoms with E-state index in [0.717, 1.165) is 17.4 Å². The van der Waals surface area contributed by atoms with Crippen molar-refractivity contribution in [3.8, 4) is 5.75 Å². The molecule has 10 heteroatoms. The standard InChI is InChI=1S/C31H38ClN3O5S/c1-23(2)33-31(37)28(20-24-12-7-5-8-13-24)34(22-25-14-9-6-10-15-25)30(36)16-11-19-35(41(4,38)39)26-17-18-29(40-3)27(32)21-26/h5-10,12-15,17-18,21,23,28H,11,16,19-20,22H2,1-4H3,(H,33,37)/t28-/m1/s1. The topological polar surface area (TPSA) is 96.0 Å². The molecule has 0 radical (unpaired) electrons. The summed E-state index contributed by atoms with van der Waals surface area (Å²) in [6.45, 7) is 4.07. The predicted octanol–water partition coefficient (Wildman–Crippen LogP) is 5.06. The minimum absolute atomic E-state index is 0.0446. The molecule has 1 N–H and O–H groups in total. The average molecular weight is 600 g/mol. The summed E-state index contributed by atoms with van der Waals surface area (Å²) in [6, 6.07) is 23.0. The molecule has 2 amide bonds. The maximum Gasteiger partial charge on any atom is 0.243 e. The lowest BCUT2D eigenvalue weighted by atomic mass is 10.0. The van der Waals surface area contributed by atoms with E-state index in [-0.39, 0.29) is 48.8 Å². The summed E-state index contributed by atoms with van der Waals surface area (Å²) in [6.07, 6.45) is 1.74. The molecule has 0 bridgehead atoms. The summed E-state index contributed by atoms with van der Waals surface area (Å²) in [5.74, 6) is -0.0478. The normalized spacial score (nSPS) is 12.0. The Labute approximate surface area is 248 Å². The van der Waals surface area contributed by atoms with Crippen molar-refractivity contribution in [2.45, 2.75) is 51.7 Å². The number of hydrogen-bond acceptors (Lipinski definition) is 5. The second kappa shape index (κ2) is 14.9. The maximum absolute atomic E-state index is 13.8. The van der Waals surface area contributed by atoms with Crippen molar-refractivity contribution in [2.75, 3.05) is 24.2 Å². The third-order valence-corrected chi connectivity index (χ3v) is 7.96. The zero-order valence-electron chi connectivity index (χ0n) is 23.9. The highest BCUT2D eigenvalue weighted by atomic mass is 35.5. The smallest absolute Gasteiger partial charge is 0.243 e. The molecule has 0 saturated carbocycles. The second-order valence-electron chi connectivity index (χ2n) is 10.1. The third-order valence-electron chi connectivity index (χ3n) is 6.47. The molecule has 0 aliphatic heterocycles. The lowest BCUT2D eigenvalue weighted by Gasteiger charge is -2.32. The largest absolute Gasteiger partial charge is 0.495 e. The van der Waals surface area contributed by atoms with E-state index in [9.17, 15) is 18.0 Å². The van der Waals surface area contributed by atoms with Crippen molar-refractivity contribution in [3.63, 3.8) is 0 Å². The molecule has 0 saturated heterocycles. The molecule has 3 rings (SSSR count). The first-order valence-corrected chi connectivity index (χ1v) is 15.7. The van der Waals surface area contributed by atoms with E-state index in [1.54, 1.807) is 17.0 Å². The minimum atomic E-state index is -3.66. The van der Waals surface area contributed by atoms with Gasteiger partial charge in [0.05, 0.1) is 24.1 Å². The van der Waals surface area contributed by atoms with Crippen molar-refractivity contribution in [3.05, 3.63) is 95.0 Å². The molecule has 41 heavy (non-hydrogen) atoms. The summed E-state index contributed by atoms with van der Waals surface area (Å²) in [5.41, 5.74) is 2.20. The van der Waals surface area contributed by atoms with E-state index >= 15 is 0 Å². The molecule has 3 aromatic rings. The first-order valence-electron chi connectivity index (χ1n) is 13.5. The number of sulfonamides is 1. The van der Waals surface area contributed by atoms with Gasteiger partial charge in [0.25, 0.3) is 0 Å². The number of carbonyl (C=O) groups is 2. The molecule has 1 atom stereocenters.